The Morgan fingerprint density at radius 1 is 1.33 bits per heavy atom. The van der Waals surface area contributed by atoms with Gasteiger partial charge in [0.2, 0.25) is 0 Å². The van der Waals surface area contributed by atoms with E-state index < -0.39 is 0 Å². The molecule has 0 aromatic rings. The molecular weight excluding hydrogens is 228 g/mol. The van der Waals surface area contributed by atoms with Crippen LogP contribution in [-0.2, 0) is 14.3 Å². The van der Waals surface area contributed by atoms with Crippen molar-refractivity contribution in [3.8, 4) is 0 Å². The van der Waals surface area contributed by atoms with Gasteiger partial charge in [-0.1, -0.05) is 20.3 Å². The van der Waals surface area contributed by atoms with Gasteiger partial charge in [-0.05, 0) is 37.0 Å². The Kier molecular flexibility index (Phi) is 2.58. The molecule has 0 amide bonds. The number of hydrogen-bond donors (Lipinski definition) is 0. The third-order valence-electron chi connectivity index (χ3n) is 5.87. The SMILES string of the molecule is COC(=O)[C@H]1[C@@H]2CCC[C@@H]3C[C@H]1C(C)(C)C(=O)[C@@H]32. The van der Waals surface area contributed by atoms with Crippen LogP contribution in [0.5, 0.6) is 0 Å². The van der Waals surface area contributed by atoms with Crippen LogP contribution in [0.3, 0.4) is 0 Å². The second kappa shape index (κ2) is 3.82. The Bertz CT molecular complexity index is 399. The molecule has 4 aliphatic carbocycles. The fraction of sp³-hybridized carbons (Fsp3) is 0.867. The molecule has 3 nitrogen and oxygen atoms in total. The van der Waals surface area contributed by atoms with Gasteiger partial charge >= 0.3 is 5.97 Å². The predicted octanol–water partition coefficient (Wildman–Crippen LogP) is 2.44. The fourth-order valence-corrected chi connectivity index (χ4v) is 5.00. The number of esters is 1. The summed E-state index contributed by atoms with van der Waals surface area (Å²) < 4.78 is 5.01. The second-order valence-corrected chi connectivity index (χ2v) is 6.86. The van der Waals surface area contributed by atoms with E-state index in [0.717, 1.165) is 12.8 Å². The molecule has 5 atom stereocenters. The summed E-state index contributed by atoms with van der Waals surface area (Å²) in [5, 5.41) is 0. The van der Waals surface area contributed by atoms with Crippen molar-refractivity contribution in [1.82, 2.24) is 0 Å². The number of carbonyl (C=O) groups excluding carboxylic acids is 2. The van der Waals surface area contributed by atoms with E-state index in [-0.39, 0.29) is 35.1 Å². The number of ether oxygens (including phenoxy) is 1. The molecule has 0 heterocycles. The number of hydrogen-bond acceptors (Lipinski definition) is 3. The highest BCUT2D eigenvalue weighted by Gasteiger charge is 2.63. The highest BCUT2D eigenvalue weighted by atomic mass is 16.5. The molecule has 4 rings (SSSR count). The van der Waals surface area contributed by atoms with Gasteiger partial charge in [-0.25, -0.2) is 0 Å². The van der Waals surface area contributed by atoms with Crippen molar-refractivity contribution in [3.63, 3.8) is 0 Å². The molecule has 4 bridgehead atoms. The van der Waals surface area contributed by atoms with Crippen LogP contribution in [0.1, 0.15) is 39.5 Å². The van der Waals surface area contributed by atoms with Gasteiger partial charge in [0.1, 0.15) is 5.78 Å². The van der Waals surface area contributed by atoms with Gasteiger partial charge in [0, 0.05) is 11.3 Å². The van der Waals surface area contributed by atoms with Crippen LogP contribution in [-0.4, -0.2) is 18.9 Å². The minimum Gasteiger partial charge on any atom is -0.469 e. The maximum atomic E-state index is 12.6. The average molecular weight is 250 g/mol. The largest absolute Gasteiger partial charge is 0.469 e. The fourth-order valence-electron chi connectivity index (χ4n) is 5.00. The summed E-state index contributed by atoms with van der Waals surface area (Å²) in [6.07, 6.45) is 4.41. The minimum atomic E-state index is -0.339. The number of carbonyl (C=O) groups is 2. The van der Waals surface area contributed by atoms with E-state index >= 15 is 0 Å². The summed E-state index contributed by atoms with van der Waals surface area (Å²) in [5.74, 6) is 1.40. The molecule has 100 valence electrons. The molecule has 0 unspecified atom stereocenters. The molecule has 0 aromatic heterocycles. The Morgan fingerprint density at radius 3 is 2.72 bits per heavy atom. The standard InChI is InChI=1S/C15H22O3/c1-15(2)10-7-8-5-4-6-9(11(8)13(15)16)12(10)14(17)18-3/h8-12H,4-7H2,1-3H3/t8-,9-,10-,11+,12+/m1/s1. The normalized spacial score (nSPS) is 44.8. The van der Waals surface area contributed by atoms with E-state index in [9.17, 15) is 9.59 Å². The lowest BCUT2D eigenvalue weighted by Gasteiger charge is -2.59. The molecule has 0 saturated heterocycles. The lowest BCUT2D eigenvalue weighted by Crippen LogP contribution is -2.62. The van der Waals surface area contributed by atoms with Crippen molar-refractivity contribution in [2.75, 3.05) is 7.11 Å². The van der Waals surface area contributed by atoms with E-state index in [0.29, 0.717) is 11.7 Å². The Labute approximate surface area is 108 Å². The first-order valence-electron chi connectivity index (χ1n) is 7.10. The molecule has 0 radical (unpaired) electrons. The first-order valence-corrected chi connectivity index (χ1v) is 7.10. The zero-order chi connectivity index (χ0) is 13.1. The van der Waals surface area contributed by atoms with Gasteiger partial charge in [0.15, 0.2) is 0 Å². The van der Waals surface area contributed by atoms with Crippen molar-refractivity contribution in [2.45, 2.75) is 39.5 Å². The third kappa shape index (κ3) is 1.36. The summed E-state index contributed by atoms with van der Waals surface area (Å²) in [7, 11) is 1.47. The molecule has 4 saturated carbocycles. The summed E-state index contributed by atoms with van der Waals surface area (Å²) in [5.41, 5.74) is -0.339. The quantitative estimate of drug-likeness (QED) is 0.671. The van der Waals surface area contributed by atoms with Crippen LogP contribution in [0.25, 0.3) is 0 Å². The smallest absolute Gasteiger partial charge is 0.309 e. The number of fused-ring (bicyclic) bond motifs is 1. The van der Waals surface area contributed by atoms with Crippen LogP contribution < -0.4 is 0 Å². The maximum absolute atomic E-state index is 12.6. The molecule has 4 fully saturated rings. The Hall–Kier alpha value is -0.860. The van der Waals surface area contributed by atoms with Crippen LogP contribution in [0.15, 0.2) is 0 Å². The zero-order valence-electron chi connectivity index (χ0n) is 11.4. The third-order valence-corrected chi connectivity index (χ3v) is 5.87. The lowest BCUT2D eigenvalue weighted by atomic mass is 9.43. The molecule has 4 aliphatic rings. The van der Waals surface area contributed by atoms with E-state index in [1.807, 2.05) is 13.8 Å². The zero-order valence-corrected chi connectivity index (χ0v) is 11.4. The first kappa shape index (κ1) is 12.2. The van der Waals surface area contributed by atoms with Crippen LogP contribution in [0.2, 0.25) is 0 Å². The maximum Gasteiger partial charge on any atom is 0.309 e. The van der Waals surface area contributed by atoms with Crippen molar-refractivity contribution in [2.24, 2.45) is 35.0 Å². The van der Waals surface area contributed by atoms with Crippen molar-refractivity contribution in [1.29, 1.82) is 0 Å². The van der Waals surface area contributed by atoms with Gasteiger partial charge < -0.3 is 4.74 Å². The number of rotatable bonds is 1. The monoisotopic (exact) mass is 250 g/mol. The van der Waals surface area contributed by atoms with Crippen molar-refractivity contribution < 1.29 is 14.3 Å². The molecule has 0 N–H and O–H groups in total. The van der Waals surface area contributed by atoms with Gasteiger partial charge in [-0.2, -0.15) is 0 Å². The Morgan fingerprint density at radius 2 is 2.06 bits per heavy atom. The topological polar surface area (TPSA) is 43.4 Å². The molecule has 0 aliphatic heterocycles. The molecular formula is C15H22O3. The van der Waals surface area contributed by atoms with Crippen LogP contribution in [0.4, 0.5) is 0 Å². The van der Waals surface area contributed by atoms with E-state index in [1.165, 1.54) is 20.0 Å². The van der Waals surface area contributed by atoms with Crippen LogP contribution in [0, 0.1) is 35.0 Å². The second-order valence-electron chi connectivity index (χ2n) is 6.86. The Balaban J connectivity index is 2.03. The summed E-state index contributed by atoms with van der Waals surface area (Å²) in [6, 6.07) is 0. The number of Topliss-reactive ketones (excluding diaryl/α,β-unsaturated/α-hetero) is 1. The number of ketones is 1. The minimum absolute atomic E-state index is 0.0377. The van der Waals surface area contributed by atoms with Crippen molar-refractivity contribution >= 4 is 11.8 Å². The van der Waals surface area contributed by atoms with Crippen molar-refractivity contribution in [3.05, 3.63) is 0 Å². The summed E-state index contributed by atoms with van der Waals surface area (Å²) in [6.45, 7) is 4.05. The summed E-state index contributed by atoms with van der Waals surface area (Å²) in [4.78, 5) is 24.7. The van der Waals surface area contributed by atoms with Crippen LogP contribution >= 0.6 is 0 Å². The van der Waals surface area contributed by atoms with Gasteiger partial charge in [-0.15, -0.1) is 0 Å². The van der Waals surface area contributed by atoms with E-state index in [2.05, 4.69) is 0 Å². The lowest BCUT2D eigenvalue weighted by molar-refractivity contribution is -0.182. The van der Waals surface area contributed by atoms with E-state index in [4.69, 9.17) is 4.74 Å². The highest BCUT2D eigenvalue weighted by molar-refractivity contribution is 5.91. The van der Waals surface area contributed by atoms with Gasteiger partial charge in [0.25, 0.3) is 0 Å². The highest BCUT2D eigenvalue weighted by Crippen LogP contribution is 2.61. The first-order chi connectivity index (χ1) is 8.48. The number of methoxy groups -OCH3 is 1. The van der Waals surface area contributed by atoms with E-state index in [1.54, 1.807) is 0 Å². The van der Waals surface area contributed by atoms with Gasteiger partial charge in [0.05, 0.1) is 13.0 Å². The van der Waals surface area contributed by atoms with Gasteiger partial charge in [-0.3, -0.25) is 9.59 Å². The summed E-state index contributed by atoms with van der Waals surface area (Å²) >= 11 is 0. The average Bonchev–Trinajstić information content (AvgIpc) is 2.34. The predicted molar refractivity (Wildman–Crippen MR) is 66.7 cm³/mol. The molecule has 18 heavy (non-hydrogen) atoms. The molecule has 0 aromatic carbocycles. The molecule has 0 spiro atoms. The molecule has 3 heteroatoms.